The topological polar surface area (TPSA) is 86.6 Å². The number of benzene rings is 1. The highest BCUT2D eigenvalue weighted by molar-refractivity contribution is 7.79. The summed E-state index contributed by atoms with van der Waals surface area (Å²) < 4.78 is 43.1. The largest absolute Gasteiger partial charge is 0.394 e. The molecule has 0 unspecified atom stereocenters. The van der Waals surface area contributed by atoms with Gasteiger partial charge in [-0.2, -0.15) is 8.42 Å². The molecule has 0 aromatic heterocycles. The number of nitrogens with one attached hydrogen (secondary N) is 1. The third-order valence-electron chi connectivity index (χ3n) is 0.883. The normalized spacial score (nSPS) is 9.77. The molecule has 0 atom stereocenters. The fourth-order valence-electron chi connectivity index (χ4n) is 0.501. The van der Waals surface area contributed by atoms with Crippen LogP contribution in [0.1, 0.15) is 0 Å². The number of anilines is 1. The maximum absolute atomic E-state index is 11.5. The van der Waals surface area contributed by atoms with Crippen molar-refractivity contribution in [3.8, 4) is 0 Å². The monoisotopic (exact) mass is 209 g/mol. The number of halogens is 1. The molecular formula is C6H8FNO4S. The first-order chi connectivity index (χ1) is 5.93. The van der Waals surface area contributed by atoms with E-state index in [-0.39, 0.29) is 0 Å². The highest BCUT2D eigenvalue weighted by atomic mass is 32.3. The number of hydrogen-bond acceptors (Lipinski definition) is 3. The molecule has 0 saturated carbocycles. The lowest BCUT2D eigenvalue weighted by Gasteiger charge is -1.89. The van der Waals surface area contributed by atoms with Crippen LogP contribution in [0.15, 0.2) is 30.3 Å². The Hall–Kier alpha value is -1.18. The predicted molar refractivity (Wildman–Crippen MR) is 45.4 cm³/mol. The standard InChI is InChI=1S/C6H6FN.H2O4S/c7-8-6-4-2-1-3-5-6;1-5(2,3)4/h1-5,8H;(H2,1,2,3,4). The fraction of sp³-hybridized carbons (Fsp3) is 0. The van der Waals surface area contributed by atoms with Gasteiger partial charge in [-0.25, -0.2) is 5.54 Å². The third kappa shape index (κ3) is 10.8. The van der Waals surface area contributed by atoms with Crippen LogP contribution < -0.4 is 5.54 Å². The van der Waals surface area contributed by atoms with Gasteiger partial charge in [0.25, 0.3) is 0 Å². The molecule has 3 N–H and O–H groups in total. The zero-order valence-corrected chi connectivity index (χ0v) is 7.20. The second-order valence-electron chi connectivity index (χ2n) is 1.91. The van der Waals surface area contributed by atoms with Crippen LogP contribution in [0, 0.1) is 0 Å². The van der Waals surface area contributed by atoms with Crippen LogP contribution in [-0.2, 0) is 10.4 Å². The van der Waals surface area contributed by atoms with Gasteiger partial charge in [-0.15, -0.1) is 4.48 Å². The average molecular weight is 209 g/mol. The van der Waals surface area contributed by atoms with Gasteiger partial charge in [0, 0.05) is 0 Å². The Balaban J connectivity index is 0.000000252. The van der Waals surface area contributed by atoms with E-state index in [0.717, 1.165) is 0 Å². The smallest absolute Gasteiger partial charge is 0.264 e. The molecule has 0 amide bonds. The van der Waals surface area contributed by atoms with Gasteiger partial charge in [0.05, 0.1) is 5.69 Å². The molecule has 5 nitrogen and oxygen atoms in total. The number of hydrogen-bond donors (Lipinski definition) is 3. The van der Waals surface area contributed by atoms with E-state index in [1.54, 1.807) is 24.3 Å². The van der Waals surface area contributed by atoms with Crippen LogP contribution in [0.5, 0.6) is 0 Å². The summed E-state index contributed by atoms with van der Waals surface area (Å²) in [5.41, 5.74) is 2.02. The molecule has 0 bridgehead atoms. The van der Waals surface area contributed by atoms with Gasteiger partial charge in [0.15, 0.2) is 0 Å². The summed E-state index contributed by atoms with van der Waals surface area (Å²) in [4.78, 5) is 0. The van der Waals surface area contributed by atoms with Gasteiger partial charge in [-0.05, 0) is 12.1 Å². The van der Waals surface area contributed by atoms with Crippen molar-refractivity contribution in [2.24, 2.45) is 0 Å². The summed E-state index contributed by atoms with van der Waals surface area (Å²) in [6, 6.07) is 8.67. The molecule has 0 saturated heterocycles. The molecule has 0 radical (unpaired) electrons. The van der Waals surface area contributed by atoms with Crippen LogP contribution in [0.3, 0.4) is 0 Å². The van der Waals surface area contributed by atoms with Gasteiger partial charge < -0.3 is 0 Å². The molecule has 0 aliphatic carbocycles. The van der Waals surface area contributed by atoms with E-state index in [4.69, 9.17) is 17.5 Å². The Morgan fingerprint density at radius 2 is 1.54 bits per heavy atom. The van der Waals surface area contributed by atoms with Crippen molar-refractivity contribution in [3.05, 3.63) is 30.3 Å². The Labute approximate surface area is 74.7 Å². The summed E-state index contributed by atoms with van der Waals surface area (Å²) in [6.07, 6.45) is 0. The highest BCUT2D eigenvalue weighted by Gasteiger charge is 1.84. The first-order valence-electron chi connectivity index (χ1n) is 3.05. The van der Waals surface area contributed by atoms with Crippen LogP contribution in [0.2, 0.25) is 0 Å². The molecule has 0 fully saturated rings. The molecule has 74 valence electrons. The zero-order chi connectivity index (χ0) is 10.3. The minimum Gasteiger partial charge on any atom is -0.264 e. The molecule has 0 heterocycles. The summed E-state index contributed by atoms with van der Waals surface area (Å²) in [6.45, 7) is 0. The van der Waals surface area contributed by atoms with E-state index in [1.165, 1.54) is 5.54 Å². The van der Waals surface area contributed by atoms with Gasteiger partial charge >= 0.3 is 10.4 Å². The van der Waals surface area contributed by atoms with Crippen molar-refractivity contribution in [2.75, 3.05) is 5.54 Å². The van der Waals surface area contributed by atoms with Crippen LogP contribution in [0.25, 0.3) is 0 Å². The molecule has 0 aliphatic heterocycles. The third-order valence-corrected chi connectivity index (χ3v) is 0.883. The summed E-state index contributed by atoms with van der Waals surface area (Å²) in [7, 11) is -4.67. The Morgan fingerprint density at radius 1 is 1.15 bits per heavy atom. The molecule has 0 spiro atoms. The van der Waals surface area contributed by atoms with E-state index in [2.05, 4.69) is 0 Å². The first-order valence-corrected chi connectivity index (χ1v) is 4.45. The maximum Gasteiger partial charge on any atom is 0.394 e. The second kappa shape index (κ2) is 5.46. The molecule has 1 rings (SSSR count). The van der Waals surface area contributed by atoms with Crippen molar-refractivity contribution in [3.63, 3.8) is 0 Å². The molecule has 0 aliphatic rings. The van der Waals surface area contributed by atoms with Crippen LogP contribution in [0.4, 0.5) is 10.2 Å². The average Bonchev–Trinajstić information content (AvgIpc) is 2.03. The van der Waals surface area contributed by atoms with Crippen molar-refractivity contribution in [1.29, 1.82) is 0 Å². The van der Waals surface area contributed by atoms with Gasteiger partial charge in [0.2, 0.25) is 0 Å². The van der Waals surface area contributed by atoms with Crippen LogP contribution >= 0.6 is 0 Å². The number of para-hydroxylation sites is 1. The van der Waals surface area contributed by atoms with E-state index in [1.807, 2.05) is 6.07 Å². The molecule has 13 heavy (non-hydrogen) atoms. The lowest BCUT2D eigenvalue weighted by atomic mass is 10.3. The molecule has 7 heteroatoms. The number of rotatable bonds is 1. The Bertz CT molecular complexity index is 318. The zero-order valence-electron chi connectivity index (χ0n) is 6.38. The van der Waals surface area contributed by atoms with Crippen molar-refractivity contribution in [1.82, 2.24) is 0 Å². The van der Waals surface area contributed by atoms with Crippen molar-refractivity contribution in [2.45, 2.75) is 0 Å². The maximum atomic E-state index is 11.5. The summed E-state index contributed by atoms with van der Waals surface area (Å²) in [5, 5.41) is 0. The fourth-order valence-corrected chi connectivity index (χ4v) is 0.501. The molecule has 1 aromatic carbocycles. The molecule has 1 aromatic rings. The van der Waals surface area contributed by atoms with E-state index in [9.17, 15) is 4.48 Å². The van der Waals surface area contributed by atoms with Crippen LogP contribution in [-0.4, -0.2) is 17.5 Å². The summed E-state index contributed by atoms with van der Waals surface area (Å²) >= 11 is 0. The van der Waals surface area contributed by atoms with E-state index >= 15 is 0 Å². The van der Waals surface area contributed by atoms with Crippen molar-refractivity contribution < 1.29 is 22.0 Å². The minimum atomic E-state index is -4.67. The Morgan fingerprint density at radius 3 is 1.77 bits per heavy atom. The lowest BCUT2D eigenvalue weighted by Crippen LogP contribution is -1.89. The highest BCUT2D eigenvalue weighted by Crippen LogP contribution is 2.03. The molecular weight excluding hydrogens is 201 g/mol. The minimum absolute atomic E-state index is 0.493. The van der Waals surface area contributed by atoms with Gasteiger partial charge in [0.1, 0.15) is 0 Å². The quantitative estimate of drug-likeness (QED) is 0.479. The van der Waals surface area contributed by atoms with E-state index in [0.29, 0.717) is 5.69 Å². The SMILES string of the molecule is FNc1ccccc1.O=S(=O)(O)O. The second-order valence-corrected chi connectivity index (χ2v) is 2.80. The van der Waals surface area contributed by atoms with Gasteiger partial charge in [-0.1, -0.05) is 18.2 Å². The summed E-state index contributed by atoms with van der Waals surface area (Å²) in [5.74, 6) is 0. The first kappa shape index (κ1) is 11.8. The predicted octanol–water partition coefficient (Wildman–Crippen LogP) is 1.33. The lowest BCUT2D eigenvalue weighted by molar-refractivity contribution is 0.381. The van der Waals surface area contributed by atoms with E-state index < -0.39 is 10.4 Å². The Kier molecular flexibility index (Phi) is 4.97. The van der Waals surface area contributed by atoms with Crippen molar-refractivity contribution >= 4 is 16.1 Å². The van der Waals surface area contributed by atoms with Gasteiger partial charge in [-0.3, -0.25) is 9.11 Å².